The molecule has 2 unspecified atom stereocenters. The third-order valence-electron chi connectivity index (χ3n) is 2.75. The molecular formula is C11H15NO4. The van der Waals surface area contributed by atoms with Gasteiger partial charge in [-0.05, 0) is 26.2 Å². The molecule has 1 aliphatic heterocycles. The molecule has 0 spiro atoms. The van der Waals surface area contributed by atoms with Crippen molar-refractivity contribution in [2.24, 2.45) is 0 Å². The van der Waals surface area contributed by atoms with E-state index in [-0.39, 0.29) is 18.0 Å². The summed E-state index contributed by atoms with van der Waals surface area (Å²) in [7, 11) is 0. The second-order valence-electron chi connectivity index (χ2n) is 4.00. The Labute approximate surface area is 93.4 Å². The summed E-state index contributed by atoms with van der Waals surface area (Å²) in [4.78, 5) is 15.1. The van der Waals surface area contributed by atoms with Gasteiger partial charge in [0.05, 0.1) is 11.8 Å². The molecule has 0 bridgehead atoms. The number of aromatic nitrogens is 1. The molecule has 1 aliphatic rings. The standard InChI is InChI=1S/C11H15NO4/c1-3-7-9(11(13)14)16-10(12-7)8-5-4-6(2)15-8/h6,8H,3-5H2,1-2H3,(H,13,14). The predicted octanol–water partition coefficient (Wildman–Crippen LogP) is 2.18. The molecule has 5 heteroatoms. The third-order valence-corrected chi connectivity index (χ3v) is 2.75. The minimum Gasteiger partial charge on any atom is -0.475 e. The van der Waals surface area contributed by atoms with Crippen molar-refractivity contribution in [1.29, 1.82) is 0 Å². The van der Waals surface area contributed by atoms with Crippen LogP contribution in [-0.2, 0) is 11.2 Å². The van der Waals surface area contributed by atoms with E-state index in [1.165, 1.54) is 0 Å². The van der Waals surface area contributed by atoms with E-state index in [1.807, 2.05) is 13.8 Å². The lowest BCUT2D eigenvalue weighted by molar-refractivity contribution is 0.0372. The largest absolute Gasteiger partial charge is 0.475 e. The molecular weight excluding hydrogens is 210 g/mol. The van der Waals surface area contributed by atoms with Crippen LogP contribution in [0.25, 0.3) is 0 Å². The molecule has 1 aromatic rings. The van der Waals surface area contributed by atoms with Crippen molar-refractivity contribution in [2.75, 3.05) is 0 Å². The van der Waals surface area contributed by atoms with E-state index in [9.17, 15) is 4.79 Å². The minimum atomic E-state index is -1.07. The molecule has 0 radical (unpaired) electrons. The molecule has 2 heterocycles. The molecule has 0 amide bonds. The molecule has 2 rings (SSSR count). The van der Waals surface area contributed by atoms with Gasteiger partial charge in [-0.1, -0.05) is 6.92 Å². The molecule has 88 valence electrons. The van der Waals surface area contributed by atoms with E-state index in [4.69, 9.17) is 14.3 Å². The Morgan fingerprint density at radius 1 is 1.56 bits per heavy atom. The average Bonchev–Trinajstić information content (AvgIpc) is 2.82. The first kappa shape index (κ1) is 11.1. The fourth-order valence-electron chi connectivity index (χ4n) is 1.90. The number of aryl methyl sites for hydroxylation is 1. The quantitative estimate of drug-likeness (QED) is 0.853. The third kappa shape index (κ3) is 1.95. The van der Waals surface area contributed by atoms with Gasteiger partial charge in [-0.3, -0.25) is 0 Å². The first-order valence-electron chi connectivity index (χ1n) is 5.50. The van der Waals surface area contributed by atoms with Gasteiger partial charge in [0.2, 0.25) is 11.7 Å². The summed E-state index contributed by atoms with van der Waals surface area (Å²) in [5, 5.41) is 8.93. The zero-order valence-corrected chi connectivity index (χ0v) is 9.40. The summed E-state index contributed by atoms with van der Waals surface area (Å²) in [5.41, 5.74) is 0.491. The lowest BCUT2D eigenvalue weighted by Gasteiger charge is -2.05. The number of nitrogens with zero attached hydrogens (tertiary/aromatic N) is 1. The van der Waals surface area contributed by atoms with Gasteiger partial charge < -0.3 is 14.3 Å². The number of hydrogen-bond acceptors (Lipinski definition) is 4. The maximum Gasteiger partial charge on any atom is 0.373 e. The van der Waals surface area contributed by atoms with E-state index in [0.29, 0.717) is 18.0 Å². The van der Waals surface area contributed by atoms with E-state index >= 15 is 0 Å². The molecule has 1 N–H and O–H groups in total. The van der Waals surface area contributed by atoms with Crippen LogP contribution in [0.4, 0.5) is 0 Å². The van der Waals surface area contributed by atoms with Crippen LogP contribution in [0.1, 0.15) is 54.9 Å². The molecule has 5 nitrogen and oxygen atoms in total. The van der Waals surface area contributed by atoms with Crippen LogP contribution in [0.3, 0.4) is 0 Å². The summed E-state index contributed by atoms with van der Waals surface area (Å²) in [5.74, 6) is -0.721. The van der Waals surface area contributed by atoms with E-state index in [2.05, 4.69) is 4.98 Å². The van der Waals surface area contributed by atoms with E-state index in [1.54, 1.807) is 0 Å². The van der Waals surface area contributed by atoms with Crippen LogP contribution in [0.2, 0.25) is 0 Å². The zero-order chi connectivity index (χ0) is 11.7. The van der Waals surface area contributed by atoms with Crippen molar-refractivity contribution < 1.29 is 19.1 Å². The van der Waals surface area contributed by atoms with Crippen molar-refractivity contribution in [2.45, 2.75) is 45.3 Å². The Morgan fingerprint density at radius 2 is 2.31 bits per heavy atom. The number of rotatable bonds is 3. The maximum absolute atomic E-state index is 10.9. The highest BCUT2D eigenvalue weighted by Gasteiger charge is 2.29. The SMILES string of the molecule is CCc1nc(C2CCC(C)O2)oc1C(=O)O. The summed E-state index contributed by atoms with van der Waals surface area (Å²) in [6.45, 7) is 3.84. The average molecular weight is 225 g/mol. The maximum atomic E-state index is 10.9. The van der Waals surface area contributed by atoms with Crippen LogP contribution < -0.4 is 0 Å². The van der Waals surface area contributed by atoms with Crippen LogP contribution in [0.5, 0.6) is 0 Å². The van der Waals surface area contributed by atoms with Crippen molar-refractivity contribution in [3.05, 3.63) is 17.3 Å². The summed E-state index contributed by atoms with van der Waals surface area (Å²) in [6.07, 6.45) is 2.34. The lowest BCUT2D eigenvalue weighted by Crippen LogP contribution is -2.01. The van der Waals surface area contributed by atoms with Crippen molar-refractivity contribution >= 4 is 5.97 Å². The van der Waals surface area contributed by atoms with E-state index in [0.717, 1.165) is 12.8 Å². The van der Waals surface area contributed by atoms with E-state index < -0.39 is 5.97 Å². The Hall–Kier alpha value is -1.36. The van der Waals surface area contributed by atoms with Gasteiger partial charge in [-0.25, -0.2) is 9.78 Å². The van der Waals surface area contributed by atoms with Gasteiger partial charge in [0.1, 0.15) is 6.10 Å². The lowest BCUT2D eigenvalue weighted by atomic mass is 10.2. The molecule has 0 aromatic carbocycles. The number of ether oxygens (including phenoxy) is 1. The Balaban J connectivity index is 2.25. The van der Waals surface area contributed by atoms with Crippen molar-refractivity contribution in [3.8, 4) is 0 Å². The van der Waals surface area contributed by atoms with Crippen molar-refractivity contribution in [3.63, 3.8) is 0 Å². The molecule has 1 fully saturated rings. The second kappa shape index (κ2) is 4.25. The van der Waals surface area contributed by atoms with Gasteiger partial charge in [0.25, 0.3) is 0 Å². The first-order valence-corrected chi connectivity index (χ1v) is 5.50. The van der Waals surface area contributed by atoms with Crippen LogP contribution in [0, 0.1) is 0 Å². The second-order valence-corrected chi connectivity index (χ2v) is 4.00. The molecule has 1 aromatic heterocycles. The predicted molar refractivity (Wildman–Crippen MR) is 55.4 cm³/mol. The number of hydrogen-bond donors (Lipinski definition) is 1. The summed E-state index contributed by atoms with van der Waals surface area (Å²) in [6, 6.07) is 0. The number of aromatic carboxylic acids is 1. The number of carbonyl (C=O) groups is 1. The van der Waals surface area contributed by atoms with Gasteiger partial charge in [0, 0.05) is 0 Å². The van der Waals surface area contributed by atoms with Gasteiger partial charge in [0.15, 0.2) is 0 Å². The minimum absolute atomic E-state index is 0.0550. The number of carboxylic acids is 1. The number of oxazole rings is 1. The molecule has 1 saturated heterocycles. The molecule has 0 saturated carbocycles. The van der Waals surface area contributed by atoms with Crippen molar-refractivity contribution in [1.82, 2.24) is 4.98 Å². The Kier molecular flexibility index (Phi) is 2.96. The van der Waals surface area contributed by atoms with Crippen LogP contribution in [0.15, 0.2) is 4.42 Å². The van der Waals surface area contributed by atoms with Crippen LogP contribution >= 0.6 is 0 Å². The van der Waals surface area contributed by atoms with Crippen LogP contribution in [-0.4, -0.2) is 22.2 Å². The zero-order valence-electron chi connectivity index (χ0n) is 9.40. The highest BCUT2D eigenvalue weighted by molar-refractivity contribution is 5.85. The number of carboxylic acid groups (broad SMARTS) is 1. The fourth-order valence-corrected chi connectivity index (χ4v) is 1.90. The normalized spacial score (nSPS) is 24.9. The molecule has 2 atom stereocenters. The Bertz CT molecular complexity index is 399. The monoisotopic (exact) mass is 225 g/mol. The summed E-state index contributed by atoms with van der Waals surface area (Å²) >= 11 is 0. The molecule has 0 aliphatic carbocycles. The highest BCUT2D eigenvalue weighted by Crippen LogP contribution is 2.32. The first-order chi connectivity index (χ1) is 7.61. The Morgan fingerprint density at radius 3 is 2.75 bits per heavy atom. The van der Waals surface area contributed by atoms with Gasteiger partial charge in [-0.2, -0.15) is 0 Å². The smallest absolute Gasteiger partial charge is 0.373 e. The molecule has 16 heavy (non-hydrogen) atoms. The topological polar surface area (TPSA) is 72.6 Å². The van der Waals surface area contributed by atoms with Gasteiger partial charge in [-0.15, -0.1) is 0 Å². The van der Waals surface area contributed by atoms with Gasteiger partial charge >= 0.3 is 5.97 Å². The fraction of sp³-hybridized carbons (Fsp3) is 0.636. The highest BCUT2D eigenvalue weighted by atomic mass is 16.5. The summed E-state index contributed by atoms with van der Waals surface area (Å²) < 4.78 is 10.9.